The van der Waals surface area contributed by atoms with Gasteiger partial charge in [0.05, 0.1) is 0 Å². The zero-order valence-corrected chi connectivity index (χ0v) is 15.0. The average molecular weight is 345 g/mol. The van der Waals surface area contributed by atoms with E-state index in [0.717, 1.165) is 6.42 Å². The van der Waals surface area contributed by atoms with Crippen LogP contribution in [0.1, 0.15) is 24.5 Å². The highest BCUT2D eigenvalue weighted by Crippen LogP contribution is 2.50. The number of ketones is 1. The molecule has 2 saturated heterocycles. The van der Waals surface area contributed by atoms with E-state index in [1.807, 2.05) is 17.0 Å². The third-order valence-electron chi connectivity index (χ3n) is 6.14. The Morgan fingerprint density at radius 2 is 1.62 bits per heavy atom. The summed E-state index contributed by atoms with van der Waals surface area (Å²) in [7, 11) is 0. The Bertz CT molecular complexity index is 804. The van der Waals surface area contributed by atoms with Crippen LogP contribution in [0.15, 0.2) is 73.3 Å². The monoisotopic (exact) mass is 345 g/mol. The van der Waals surface area contributed by atoms with Crippen LogP contribution in [0.2, 0.25) is 0 Å². The number of Topliss-reactive ketones (excluding diaryl/α,β-unsaturated/α-hetero) is 1. The van der Waals surface area contributed by atoms with E-state index in [0.29, 0.717) is 6.54 Å². The zero-order chi connectivity index (χ0) is 18.3. The van der Waals surface area contributed by atoms with Gasteiger partial charge in [0.25, 0.3) is 0 Å². The van der Waals surface area contributed by atoms with Crippen LogP contribution in [0.4, 0.5) is 0 Å². The van der Waals surface area contributed by atoms with E-state index in [4.69, 9.17) is 0 Å². The largest absolute Gasteiger partial charge is 0.337 e. The third-order valence-corrected chi connectivity index (χ3v) is 6.14. The van der Waals surface area contributed by atoms with Gasteiger partial charge in [-0.25, -0.2) is 0 Å². The Labute approximate surface area is 154 Å². The number of hydrogen-bond acceptors (Lipinski definition) is 2. The summed E-state index contributed by atoms with van der Waals surface area (Å²) < 4.78 is 0. The molecular formula is C23H23NO2. The highest BCUT2D eigenvalue weighted by atomic mass is 16.2. The summed E-state index contributed by atoms with van der Waals surface area (Å²) in [5.74, 6) is -0.781. The predicted molar refractivity (Wildman–Crippen MR) is 102 cm³/mol. The van der Waals surface area contributed by atoms with Gasteiger partial charge in [0.2, 0.25) is 5.91 Å². The molecule has 0 radical (unpaired) electrons. The van der Waals surface area contributed by atoms with Crippen LogP contribution >= 0.6 is 0 Å². The second kappa shape index (κ2) is 6.24. The van der Waals surface area contributed by atoms with Gasteiger partial charge >= 0.3 is 0 Å². The molecule has 2 aromatic carbocycles. The lowest BCUT2D eigenvalue weighted by atomic mass is 9.70. The Morgan fingerprint density at radius 1 is 1.08 bits per heavy atom. The summed E-state index contributed by atoms with van der Waals surface area (Å²) in [6, 6.07) is 20.8. The fourth-order valence-corrected chi connectivity index (χ4v) is 4.93. The molecule has 0 spiro atoms. The van der Waals surface area contributed by atoms with E-state index in [1.165, 1.54) is 18.1 Å². The second-order valence-electron chi connectivity index (χ2n) is 7.45. The summed E-state index contributed by atoms with van der Waals surface area (Å²) >= 11 is 0. The van der Waals surface area contributed by atoms with Gasteiger partial charge in [0.1, 0.15) is 11.7 Å². The van der Waals surface area contributed by atoms with Crippen molar-refractivity contribution in [1.29, 1.82) is 0 Å². The summed E-state index contributed by atoms with van der Waals surface area (Å²) in [6.07, 6.45) is 2.62. The SMILES string of the molecule is C=C[C@@H]1[C@@H](C(C)=O)C(=O)N2CC(c3ccccc3)(c3ccccc3)C[C@@H]12. The van der Waals surface area contributed by atoms with Crippen molar-refractivity contribution in [2.45, 2.75) is 24.8 Å². The lowest BCUT2D eigenvalue weighted by Gasteiger charge is -2.32. The maximum atomic E-state index is 13.0. The van der Waals surface area contributed by atoms with Crippen molar-refractivity contribution in [3.05, 3.63) is 84.4 Å². The normalized spacial score (nSPS) is 26.6. The Balaban J connectivity index is 1.82. The topological polar surface area (TPSA) is 37.4 Å². The van der Waals surface area contributed by atoms with E-state index < -0.39 is 5.92 Å². The number of fused-ring (bicyclic) bond motifs is 1. The minimum Gasteiger partial charge on any atom is -0.337 e. The van der Waals surface area contributed by atoms with Crippen molar-refractivity contribution in [3.8, 4) is 0 Å². The number of carbonyl (C=O) groups is 2. The maximum absolute atomic E-state index is 13.0. The molecule has 3 heteroatoms. The number of hydrogen-bond donors (Lipinski definition) is 0. The lowest BCUT2D eigenvalue weighted by Crippen LogP contribution is -2.37. The molecule has 0 unspecified atom stereocenters. The van der Waals surface area contributed by atoms with Crippen LogP contribution in [0.25, 0.3) is 0 Å². The molecule has 2 heterocycles. The second-order valence-corrected chi connectivity index (χ2v) is 7.45. The highest BCUT2D eigenvalue weighted by Gasteiger charge is 2.58. The van der Waals surface area contributed by atoms with Crippen LogP contribution in [-0.2, 0) is 15.0 Å². The van der Waals surface area contributed by atoms with Gasteiger partial charge in [-0.2, -0.15) is 0 Å². The van der Waals surface area contributed by atoms with Crippen LogP contribution in [-0.4, -0.2) is 29.2 Å². The molecule has 0 aromatic heterocycles. The Kier molecular flexibility index (Phi) is 4.03. The van der Waals surface area contributed by atoms with Crippen LogP contribution in [0.3, 0.4) is 0 Å². The predicted octanol–water partition coefficient (Wildman–Crippen LogP) is 3.59. The molecule has 1 amide bonds. The molecule has 26 heavy (non-hydrogen) atoms. The number of carbonyl (C=O) groups excluding carboxylic acids is 2. The smallest absolute Gasteiger partial charge is 0.234 e. The van der Waals surface area contributed by atoms with Gasteiger partial charge in [0, 0.05) is 23.9 Å². The first-order chi connectivity index (χ1) is 12.6. The molecule has 132 valence electrons. The van der Waals surface area contributed by atoms with Crippen LogP contribution in [0.5, 0.6) is 0 Å². The summed E-state index contributed by atoms with van der Waals surface area (Å²) in [5, 5.41) is 0. The fourth-order valence-electron chi connectivity index (χ4n) is 4.93. The van der Waals surface area contributed by atoms with Crippen LogP contribution < -0.4 is 0 Å². The third kappa shape index (κ3) is 2.34. The van der Waals surface area contributed by atoms with Crippen molar-refractivity contribution in [3.63, 3.8) is 0 Å². The maximum Gasteiger partial charge on any atom is 0.234 e. The Hall–Kier alpha value is -2.68. The molecule has 0 aliphatic carbocycles. The number of nitrogens with zero attached hydrogens (tertiary/aromatic N) is 1. The van der Waals surface area contributed by atoms with Gasteiger partial charge < -0.3 is 4.90 Å². The van der Waals surface area contributed by atoms with Gasteiger partial charge in [0.15, 0.2) is 0 Å². The van der Waals surface area contributed by atoms with Crippen molar-refractivity contribution < 1.29 is 9.59 Å². The molecule has 2 aliphatic heterocycles. The van der Waals surface area contributed by atoms with Crippen molar-refractivity contribution >= 4 is 11.7 Å². The van der Waals surface area contributed by atoms with Gasteiger partial charge in [-0.3, -0.25) is 9.59 Å². The van der Waals surface area contributed by atoms with Crippen molar-refractivity contribution in [1.82, 2.24) is 4.90 Å². The Morgan fingerprint density at radius 3 is 2.08 bits per heavy atom. The highest BCUT2D eigenvalue weighted by molar-refractivity contribution is 6.03. The number of amides is 1. The summed E-state index contributed by atoms with van der Waals surface area (Å²) in [6.45, 7) is 6.06. The van der Waals surface area contributed by atoms with E-state index in [-0.39, 0.29) is 29.1 Å². The molecule has 2 aromatic rings. The molecule has 0 bridgehead atoms. The minimum atomic E-state index is -0.568. The first kappa shape index (κ1) is 16.8. The summed E-state index contributed by atoms with van der Waals surface area (Å²) in [5.41, 5.74) is 2.19. The molecule has 3 nitrogen and oxygen atoms in total. The van der Waals surface area contributed by atoms with Crippen molar-refractivity contribution in [2.24, 2.45) is 11.8 Å². The quantitative estimate of drug-likeness (QED) is 0.627. The average Bonchev–Trinajstić information content (AvgIpc) is 3.19. The molecule has 0 N–H and O–H groups in total. The first-order valence-corrected chi connectivity index (χ1v) is 9.13. The van der Waals surface area contributed by atoms with Gasteiger partial charge in [-0.1, -0.05) is 66.7 Å². The van der Waals surface area contributed by atoms with E-state index in [2.05, 4.69) is 55.1 Å². The number of rotatable bonds is 4. The lowest BCUT2D eigenvalue weighted by molar-refractivity contribution is -0.136. The molecule has 3 atom stereocenters. The van der Waals surface area contributed by atoms with Crippen LogP contribution in [0, 0.1) is 11.8 Å². The van der Waals surface area contributed by atoms with E-state index >= 15 is 0 Å². The van der Waals surface area contributed by atoms with E-state index in [1.54, 1.807) is 6.08 Å². The molecule has 4 rings (SSSR count). The van der Waals surface area contributed by atoms with Crippen molar-refractivity contribution in [2.75, 3.05) is 6.54 Å². The first-order valence-electron chi connectivity index (χ1n) is 9.13. The molecule has 2 fully saturated rings. The number of benzene rings is 2. The standard InChI is InChI=1S/C23H23NO2/c1-3-19-20-14-23(17-10-6-4-7-11-17,18-12-8-5-9-13-18)15-24(20)22(26)21(19)16(2)25/h3-13,19-21H,1,14-15H2,2H3/t19-,20-,21+/m0/s1. The summed E-state index contributed by atoms with van der Waals surface area (Å²) in [4.78, 5) is 27.0. The fraction of sp³-hybridized carbons (Fsp3) is 0.304. The molecule has 2 aliphatic rings. The zero-order valence-electron chi connectivity index (χ0n) is 15.0. The molecule has 0 saturated carbocycles. The van der Waals surface area contributed by atoms with Gasteiger partial charge in [-0.15, -0.1) is 6.58 Å². The van der Waals surface area contributed by atoms with E-state index in [9.17, 15) is 9.59 Å². The molecular weight excluding hydrogens is 322 g/mol. The van der Waals surface area contributed by atoms with Gasteiger partial charge in [-0.05, 0) is 24.5 Å². The minimum absolute atomic E-state index is 0.0225.